The van der Waals surface area contributed by atoms with E-state index in [0.717, 1.165) is 36.7 Å². The number of nitrogens with zero attached hydrogens (tertiary/aromatic N) is 3. The second kappa shape index (κ2) is 7.06. The Labute approximate surface area is 120 Å². The lowest BCUT2D eigenvalue weighted by Crippen LogP contribution is -2.33. The molecule has 2 rings (SSSR count). The van der Waals surface area contributed by atoms with Gasteiger partial charge in [-0.15, -0.1) is 0 Å². The number of halogens is 1. The second-order valence-corrected chi connectivity index (χ2v) is 5.73. The number of aromatic nitrogens is 2. The Balaban J connectivity index is 1.93. The highest BCUT2D eigenvalue weighted by Crippen LogP contribution is 2.23. The van der Waals surface area contributed by atoms with Crippen LogP contribution in [0.15, 0.2) is 6.33 Å². The van der Waals surface area contributed by atoms with Crippen molar-refractivity contribution in [2.45, 2.75) is 32.6 Å². The number of anilines is 1. The van der Waals surface area contributed by atoms with Crippen molar-refractivity contribution in [2.75, 3.05) is 32.0 Å². The Morgan fingerprint density at radius 3 is 2.79 bits per heavy atom. The first kappa shape index (κ1) is 14.5. The SMILES string of the molecule is CCCc1c(Cl)ncnc1NCC1CCN(C)CC1. The summed E-state index contributed by atoms with van der Waals surface area (Å²) in [6.07, 6.45) is 6.03. The Morgan fingerprint density at radius 1 is 1.37 bits per heavy atom. The highest BCUT2D eigenvalue weighted by Gasteiger charge is 2.17. The molecule has 0 aromatic carbocycles. The van der Waals surface area contributed by atoms with Crippen LogP contribution in [0.5, 0.6) is 0 Å². The molecule has 0 bridgehead atoms. The minimum absolute atomic E-state index is 0.586. The van der Waals surface area contributed by atoms with Gasteiger partial charge in [0, 0.05) is 12.1 Å². The van der Waals surface area contributed by atoms with Crippen molar-refractivity contribution >= 4 is 17.4 Å². The molecule has 1 aromatic rings. The van der Waals surface area contributed by atoms with E-state index in [1.165, 1.54) is 25.9 Å². The molecule has 0 spiro atoms. The largest absolute Gasteiger partial charge is 0.369 e. The fraction of sp³-hybridized carbons (Fsp3) is 0.714. The van der Waals surface area contributed by atoms with Gasteiger partial charge < -0.3 is 10.2 Å². The lowest BCUT2D eigenvalue weighted by atomic mass is 9.97. The second-order valence-electron chi connectivity index (χ2n) is 5.37. The van der Waals surface area contributed by atoms with Crippen LogP contribution in [0.4, 0.5) is 5.82 Å². The van der Waals surface area contributed by atoms with Crippen LogP contribution in [-0.4, -0.2) is 41.5 Å². The van der Waals surface area contributed by atoms with Gasteiger partial charge in [-0.2, -0.15) is 0 Å². The van der Waals surface area contributed by atoms with Crippen molar-refractivity contribution in [2.24, 2.45) is 5.92 Å². The molecule has 1 fully saturated rings. The molecule has 2 heterocycles. The van der Waals surface area contributed by atoms with E-state index < -0.39 is 0 Å². The van der Waals surface area contributed by atoms with Crippen LogP contribution in [0.1, 0.15) is 31.7 Å². The summed E-state index contributed by atoms with van der Waals surface area (Å²) in [5, 5.41) is 4.06. The van der Waals surface area contributed by atoms with Gasteiger partial charge in [0.2, 0.25) is 0 Å². The van der Waals surface area contributed by atoms with Crippen LogP contribution in [0.25, 0.3) is 0 Å². The summed E-state index contributed by atoms with van der Waals surface area (Å²) in [4.78, 5) is 10.8. The maximum Gasteiger partial charge on any atom is 0.137 e. The zero-order chi connectivity index (χ0) is 13.7. The van der Waals surface area contributed by atoms with Gasteiger partial charge in [0.25, 0.3) is 0 Å². The average Bonchev–Trinajstić information content (AvgIpc) is 2.41. The fourth-order valence-corrected chi connectivity index (χ4v) is 2.75. The fourth-order valence-electron chi connectivity index (χ4n) is 2.52. The predicted molar refractivity (Wildman–Crippen MR) is 79.7 cm³/mol. The number of hydrogen-bond donors (Lipinski definition) is 1. The quantitative estimate of drug-likeness (QED) is 0.843. The lowest BCUT2D eigenvalue weighted by Gasteiger charge is -2.29. The van der Waals surface area contributed by atoms with Crippen molar-refractivity contribution in [1.82, 2.24) is 14.9 Å². The highest BCUT2D eigenvalue weighted by atomic mass is 35.5. The average molecular weight is 283 g/mol. The molecule has 19 heavy (non-hydrogen) atoms. The van der Waals surface area contributed by atoms with Crippen molar-refractivity contribution in [3.05, 3.63) is 17.0 Å². The molecule has 5 heteroatoms. The van der Waals surface area contributed by atoms with E-state index in [1.54, 1.807) is 6.33 Å². The summed E-state index contributed by atoms with van der Waals surface area (Å²) in [5.41, 5.74) is 1.06. The van der Waals surface area contributed by atoms with E-state index in [1.807, 2.05) is 0 Å². The van der Waals surface area contributed by atoms with Gasteiger partial charge in [-0.1, -0.05) is 24.9 Å². The monoisotopic (exact) mass is 282 g/mol. The summed E-state index contributed by atoms with van der Waals surface area (Å²) in [7, 11) is 2.19. The maximum atomic E-state index is 6.15. The van der Waals surface area contributed by atoms with Crippen molar-refractivity contribution in [3.8, 4) is 0 Å². The number of rotatable bonds is 5. The topological polar surface area (TPSA) is 41.1 Å². The molecular weight excluding hydrogens is 260 g/mol. The Bertz CT molecular complexity index is 402. The molecule has 0 saturated carbocycles. The van der Waals surface area contributed by atoms with Gasteiger partial charge >= 0.3 is 0 Å². The van der Waals surface area contributed by atoms with Gasteiger partial charge in [0.1, 0.15) is 17.3 Å². The van der Waals surface area contributed by atoms with E-state index in [-0.39, 0.29) is 0 Å². The van der Waals surface area contributed by atoms with Crippen LogP contribution in [0.2, 0.25) is 5.15 Å². The Hall–Kier alpha value is -0.870. The molecule has 0 aliphatic carbocycles. The summed E-state index contributed by atoms with van der Waals surface area (Å²) < 4.78 is 0. The van der Waals surface area contributed by atoms with E-state index >= 15 is 0 Å². The molecule has 0 amide bonds. The number of nitrogens with one attached hydrogen (secondary N) is 1. The predicted octanol–water partition coefficient (Wildman–Crippen LogP) is 2.84. The minimum atomic E-state index is 0.586. The van der Waals surface area contributed by atoms with Crippen LogP contribution in [0.3, 0.4) is 0 Å². The Morgan fingerprint density at radius 2 is 2.11 bits per heavy atom. The van der Waals surface area contributed by atoms with E-state index in [0.29, 0.717) is 5.15 Å². The van der Waals surface area contributed by atoms with Crippen LogP contribution in [-0.2, 0) is 6.42 Å². The first-order valence-corrected chi connectivity index (χ1v) is 7.50. The number of likely N-dealkylation sites (tertiary alicyclic amines) is 1. The molecule has 1 saturated heterocycles. The van der Waals surface area contributed by atoms with Crippen LogP contribution >= 0.6 is 11.6 Å². The molecule has 1 N–H and O–H groups in total. The zero-order valence-electron chi connectivity index (χ0n) is 11.8. The molecule has 1 aliphatic heterocycles. The first-order chi connectivity index (χ1) is 9.20. The third-order valence-corrected chi connectivity index (χ3v) is 4.11. The highest BCUT2D eigenvalue weighted by molar-refractivity contribution is 6.30. The zero-order valence-corrected chi connectivity index (χ0v) is 12.6. The van der Waals surface area contributed by atoms with E-state index in [9.17, 15) is 0 Å². The van der Waals surface area contributed by atoms with Crippen molar-refractivity contribution < 1.29 is 0 Å². The van der Waals surface area contributed by atoms with Gasteiger partial charge in [0.15, 0.2) is 0 Å². The molecule has 106 valence electrons. The third kappa shape index (κ3) is 4.05. The molecule has 4 nitrogen and oxygen atoms in total. The van der Waals surface area contributed by atoms with Crippen molar-refractivity contribution in [1.29, 1.82) is 0 Å². The minimum Gasteiger partial charge on any atom is -0.369 e. The van der Waals surface area contributed by atoms with Crippen LogP contribution < -0.4 is 5.32 Å². The normalized spacial score (nSPS) is 17.6. The summed E-state index contributed by atoms with van der Waals surface area (Å²) >= 11 is 6.15. The van der Waals surface area contributed by atoms with Crippen LogP contribution in [0, 0.1) is 5.92 Å². The number of hydrogen-bond acceptors (Lipinski definition) is 4. The first-order valence-electron chi connectivity index (χ1n) is 7.12. The molecule has 1 aromatic heterocycles. The van der Waals surface area contributed by atoms with Gasteiger partial charge in [-0.25, -0.2) is 9.97 Å². The lowest BCUT2D eigenvalue weighted by molar-refractivity contribution is 0.226. The van der Waals surface area contributed by atoms with E-state index in [2.05, 4.69) is 34.2 Å². The standard InChI is InChI=1S/C14H23ClN4/c1-3-4-12-13(15)17-10-18-14(12)16-9-11-5-7-19(2)8-6-11/h10-11H,3-9H2,1-2H3,(H,16,17,18). The number of piperidine rings is 1. The summed E-state index contributed by atoms with van der Waals surface area (Å²) in [6, 6.07) is 0. The van der Waals surface area contributed by atoms with Crippen molar-refractivity contribution in [3.63, 3.8) is 0 Å². The maximum absolute atomic E-state index is 6.15. The molecular formula is C14H23ClN4. The smallest absolute Gasteiger partial charge is 0.137 e. The third-order valence-electron chi connectivity index (χ3n) is 3.79. The molecule has 0 atom stereocenters. The van der Waals surface area contributed by atoms with Gasteiger partial charge in [-0.3, -0.25) is 0 Å². The summed E-state index contributed by atoms with van der Waals surface area (Å²) in [6.45, 7) is 5.51. The molecule has 1 aliphatic rings. The van der Waals surface area contributed by atoms with E-state index in [4.69, 9.17) is 11.6 Å². The Kier molecular flexibility index (Phi) is 5.40. The summed E-state index contributed by atoms with van der Waals surface area (Å²) in [5.74, 6) is 1.65. The van der Waals surface area contributed by atoms with Gasteiger partial charge in [0.05, 0.1) is 0 Å². The van der Waals surface area contributed by atoms with Gasteiger partial charge in [-0.05, 0) is 45.3 Å². The molecule has 0 radical (unpaired) electrons. The molecule has 0 unspecified atom stereocenters.